The number of aryl methyl sites for hydroxylation is 1. The fraction of sp³-hybridized carbons (Fsp3) is 0.0833. The van der Waals surface area contributed by atoms with Crippen molar-refractivity contribution in [1.82, 2.24) is 9.97 Å². The highest BCUT2D eigenvalue weighted by Crippen LogP contribution is 2.29. The number of hydrogen-bond donors (Lipinski definition) is 2. The van der Waals surface area contributed by atoms with E-state index >= 15 is 0 Å². The molecule has 0 amide bonds. The molecule has 0 aliphatic rings. The van der Waals surface area contributed by atoms with E-state index in [1.807, 2.05) is 11.4 Å². The van der Waals surface area contributed by atoms with Crippen LogP contribution in [0.2, 0.25) is 0 Å². The molecule has 6 nitrogen and oxygen atoms in total. The van der Waals surface area contributed by atoms with Crippen molar-refractivity contribution in [3.8, 4) is 11.1 Å². The minimum Gasteiger partial charge on any atom is -0.477 e. The number of carboxylic acid groups (broad SMARTS) is 1. The number of H-pyrrole nitrogens is 1. The lowest BCUT2D eigenvalue weighted by atomic mass is 10.2. The topological polar surface area (TPSA) is 92.3 Å². The van der Waals surface area contributed by atoms with Crippen molar-refractivity contribution in [2.24, 2.45) is 0 Å². The summed E-state index contributed by atoms with van der Waals surface area (Å²) in [5.41, 5.74) is 0.0247. The Bertz CT molecular complexity index is 848. The number of carboxylic acids is 1. The highest BCUT2D eigenvalue weighted by Gasteiger charge is 2.19. The molecule has 0 spiro atoms. The number of aromatic amines is 1. The molecular formula is C12H8N2O4S2. The van der Waals surface area contributed by atoms with Crippen LogP contribution in [0.15, 0.2) is 22.3 Å². The van der Waals surface area contributed by atoms with E-state index in [0.29, 0.717) is 20.8 Å². The Hall–Kier alpha value is -2.19. The molecule has 3 heterocycles. The largest absolute Gasteiger partial charge is 0.477 e. The molecule has 0 saturated carbocycles. The van der Waals surface area contributed by atoms with E-state index in [2.05, 4.69) is 9.97 Å². The monoisotopic (exact) mass is 308 g/mol. The van der Waals surface area contributed by atoms with Crippen LogP contribution in [0.25, 0.3) is 10.2 Å². The number of carbonyl (C=O) groups is 1. The van der Waals surface area contributed by atoms with Crippen LogP contribution in [0.4, 0.5) is 0 Å². The molecule has 0 atom stereocenters. The summed E-state index contributed by atoms with van der Waals surface area (Å²) in [6.45, 7) is 1.60. The smallest absolute Gasteiger partial charge is 0.346 e. The molecule has 102 valence electrons. The van der Waals surface area contributed by atoms with Crippen molar-refractivity contribution in [2.75, 3.05) is 0 Å². The lowest BCUT2D eigenvalue weighted by Gasteiger charge is -2.00. The highest BCUT2D eigenvalue weighted by molar-refractivity contribution is 7.20. The molecular weight excluding hydrogens is 300 g/mol. The van der Waals surface area contributed by atoms with Gasteiger partial charge in [-0.05, 0) is 30.0 Å². The number of thiophene rings is 2. The fourth-order valence-corrected chi connectivity index (χ4v) is 3.38. The minimum atomic E-state index is -1.06. The first kappa shape index (κ1) is 12.8. The summed E-state index contributed by atoms with van der Waals surface area (Å²) < 4.78 is 5.43. The normalized spacial score (nSPS) is 10.8. The summed E-state index contributed by atoms with van der Waals surface area (Å²) in [5.74, 6) is -1.06. The number of hydrogen-bond acceptors (Lipinski definition) is 6. The SMILES string of the molecule is Cc1c(C(=O)O)sc2nc(Oc3cccs3)[nH]c(=O)c12. The van der Waals surface area contributed by atoms with Gasteiger partial charge < -0.3 is 9.84 Å². The number of aromatic carboxylic acids is 1. The van der Waals surface area contributed by atoms with Crippen LogP contribution in [0.5, 0.6) is 11.1 Å². The zero-order valence-corrected chi connectivity index (χ0v) is 11.8. The molecule has 3 aromatic rings. The van der Waals surface area contributed by atoms with Gasteiger partial charge in [-0.3, -0.25) is 9.78 Å². The van der Waals surface area contributed by atoms with Gasteiger partial charge in [0.1, 0.15) is 9.71 Å². The van der Waals surface area contributed by atoms with Crippen LogP contribution in [-0.4, -0.2) is 21.0 Å². The third kappa shape index (κ3) is 2.08. The van der Waals surface area contributed by atoms with E-state index in [1.165, 1.54) is 11.3 Å². The number of nitrogens with one attached hydrogen (secondary N) is 1. The summed E-state index contributed by atoms with van der Waals surface area (Å²) in [4.78, 5) is 30.3. The van der Waals surface area contributed by atoms with Gasteiger partial charge in [0, 0.05) is 0 Å². The van der Waals surface area contributed by atoms with Gasteiger partial charge in [0.15, 0.2) is 5.06 Å². The number of fused-ring (bicyclic) bond motifs is 1. The van der Waals surface area contributed by atoms with Crippen LogP contribution < -0.4 is 10.3 Å². The van der Waals surface area contributed by atoms with E-state index in [-0.39, 0.29) is 10.9 Å². The van der Waals surface area contributed by atoms with E-state index in [4.69, 9.17) is 9.84 Å². The van der Waals surface area contributed by atoms with E-state index in [9.17, 15) is 9.59 Å². The Balaban J connectivity index is 2.14. The maximum absolute atomic E-state index is 12.0. The van der Waals surface area contributed by atoms with Crippen LogP contribution in [0.1, 0.15) is 15.2 Å². The fourth-order valence-electron chi connectivity index (χ4n) is 1.79. The molecule has 2 N–H and O–H groups in total. The van der Waals surface area contributed by atoms with Crippen LogP contribution in [0.3, 0.4) is 0 Å². The van der Waals surface area contributed by atoms with Crippen molar-refractivity contribution in [3.63, 3.8) is 0 Å². The van der Waals surface area contributed by atoms with Gasteiger partial charge in [-0.25, -0.2) is 4.79 Å². The number of aromatic nitrogens is 2. The molecule has 20 heavy (non-hydrogen) atoms. The predicted molar refractivity (Wildman–Crippen MR) is 76.3 cm³/mol. The number of rotatable bonds is 3. The zero-order chi connectivity index (χ0) is 14.3. The average molecular weight is 308 g/mol. The third-order valence-corrected chi connectivity index (χ3v) is 4.58. The lowest BCUT2D eigenvalue weighted by molar-refractivity contribution is 0.0701. The summed E-state index contributed by atoms with van der Waals surface area (Å²) in [6, 6.07) is 3.62. The van der Waals surface area contributed by atoms with Crippen molar-refractivity contribution in [3.05, 3.63) is 38.3 Å². The van der Waals surface area contributed by atoms with Crippen molar-refractivity contribution in [1.29, 1.82) is 0 Å². The predicted octanol–water partition coefficient (Wildman–Crippen LogP) is 2.85. The Kier molecular flexibility index (Phi) is 3.03. The van der Waals surface area contributed by atoms with E-state index in [1.54, 1.807) is 13.0 Å². The zero-order valence-electron chi connectivity index (χ0n) is 10.2. The van der Waals surface area contributed by atoms with E-state index in [0.717, 1.165) is 11.3 Å². The van der Waals surface area contributed by atoms with E-state index < -0.39 is 11.5 Å². The van der Waals surface area contributed by atoms with Gasteiger partial charge in [-0.15, -0.1) is 22.7 Å². The van der Waals surface area contributed by atoms with Gasteiger partial charge in [-0.1, -0.05) is 0 Å². The second-order valence-corrected chi connectivity index (χ2v) is 5.86. The first-order valence-corrected chi connectivity index (χ1v) is 7.24. The average Bonchev–Trinajstić information content (AvgIpc) is 2.97. The molecule has 3 rings (SSSR count). The minimum absolute atomic E-state index is 0.0585. The maximum Gasteiger partial charge on any atom is 0.346 e. The molecule has 0 aliphatic carbocycles. The summed E-state index contributed by atoms with van der Waals surface area (Å²) in [7, 11) is 0. The first-order valence-electron chi connectivity index (χ1n) is 5.54. The van der Waals surface area contributed by atoms with Gasteiger partial charge in [0.05, 0.1) is 5.39 Å². The summed E-state index contributed by atoms with van der Waals surface area (Å²) >= 11 is 2.33. The van der Waals surface area contributed by atoms with Gasteiger partial charge >= 0.3 is 12.0 Å². The Morgan fingerprint density at radius 2 is 2.30 bits per heavy atom. The maximum atomic E-state index is 12.0. The standard InChI is InChI=1S/C12H8N2O4S2/c1-5-7-9(15)13-12(18-6-3-2-4-19-6)14-10(7)20-8(5)11(16)17/h2-4H,1H3,(H,16,17)(H,13,14,15). The van der Waals surface area contributed by atoms with Crippen molar-refractivity contribution in [2.45, 2.75) is 6.92 Å². The molecule has 0 radical (unpaired) electrons. The highest BCUT2D eigenvalue weighted by atomic mass is 32.1. The lowest BCUT2D eigenvalue weighted by Crippen LogP contribution is -2.09. The third-order valence-electron chi connectivity index (χ3n) is 2.67. The molecule has 0 bridgehead atoms. The second kappa shape index (κ2) is 4.73. The van der Waals surface area contributed by atoms with Gasteiger partial charge in [0.2, 0.25) is 0 Å². The Morgan fingerprint density at radius 3 is 2.95 bits per heavy atom. The molecule has 0 fully saturated rings. The quantitative estimate of drug-likeness (QED) is 0.776. The molecule has 0 saturated heterocycles. The van der Waals surface area contributed by atoms with Crippen molar-refractivity contribution < 1.29 is 14.6 Å². The van der Waals surface area contributed by atoms with Crippen molar-refractivity contribution >= 4 is 38.9 Å². The molecule has 0 aromatic carbocycles. The van der Waals surface area contributed by atoms with Gasteiger partial charge in [0.25, 0.3) is 5.56 Å². The Labute approximate surface area is 120 Å². The second-order valence-electron chi connectivity index (χ2n) is 3.95. The van der Waals surface area contributed by atoms with Gasteiger partial charge in [-0.2, -0.15) is 4.98 Å². The molecule has 0 aliphatic heterocycles. The summed E-state index contributed by atoms with van der Waals surface area (Å²) in [6.07, 6.45) is 0. The molecule has 3 aromatic heterocycles. The van der Waals surface area contributed by atoms with Crippen LogP contribution in [-0.2, 0) is 0 Å². The Morgan fingerprint density at radius 1 is 1.50 bits per heavy atom. The summed E-state index contributed by atoms with van der Waals surface area (Å²) in [5, 5.41) is 11.8. The van der Waals surface area contributed by atoms with Crippen LogP contribution >= 0.6 is 22.7 Å². The first-order chi connectivity index (χ1) is 9.56. The molecule has 0 unspecified atom stereocenters. The number of ether oxygens (including phenoxy) is 1. The van der Waals surface area contributed by atoms with Crippen LogP contribution in [0, 0.1) is 6.92 Å². The number of nitrogens with zero attached hydrogens (tertiary/aromatic N) is 1. The molecule has 8 heteroatoms.